The van der Waals surface area contributed by atoms with Gasteiger partial charge in [-0.1, -0.05) is 12.8 Å². The van der Waals surface area contributed by atoms with Gasteiger partial charge in [-0.2, -0.15) is 0 Å². The van der Waals surface area contributed by atoms with Gasteiger partial charge in [-0.3, -0.25) is 4.79 Å². The number of hydrogen-bond donors (Lipinski definition) is 3. The summed E-state index contributed by atoms with van der Waals surface area (Å²) in [5, 5.41) is 10.5. The highest BCUT2D eigenvalue weighted by molar-refractivity contribution is 5.83. The van der Waals surface area contributed by atoms with Crippen LogP contribution in [0, 0.1) is 5.41 Å². The van der Waals surface area contributed by atoms with E-state index in [-0.39, 0.29) is 6.54 Å². The molecule has 6 heteroatoms. The third-order valence-corrected chi connectivity index (χ3v) is 3.17. The zero-order chi connectivity index (χ0) is 12.2. The van der Waals surface area contributed by atoms with Crippen molar-refractivity contribution in [1.29, 1.82) is 0 Å². The molecule has 1 amide bonds. The second kappa shape index (κ2) is 5.05. The summed E-state index contributed by atoms with van der Waals surface area (Å²) in [5.74, 6) is -3.68. The molecular formula is C10H18F2N2O2. The van der Waals surface area contributed by atoms with E-state index in [2.05, 4.69) is 5.32 Å². The van der Waals surface area contributed by atoms with Crippen molar-refractivity contribution in [2.45, 2.75) is 31.6 Å². The fourth-order valence-electron chi connectivity index (χ4n) is 2.03. The van der Waals surface area contributed by atoms with Crippen LogP contribution in [0.4, 0.5) is 8.78 Å². The van der Waals surface area contributed by atoms with Crippen LogP contribution < -0.4 is 11.1 Å². The summed E-state index contributed by atoms with van der Waals surface area (Å²) in [6.07, 6.45) is 3.11. The van der Waals surface area contributed by atoms with Crippen LogP contribution in [0.5, 0.6) is 0 Å². The van der Waals surface area contributed by atoms with Crippen LogP contribution in [0.1, 0.15) is 25.7 Å². The third-order valence-electron chi connectivity index (χ3n) is 3.17. The normalized spacial score (nSPS) is 19.8. The van der Waals surface area contributed by atoms with Gasteiger partial charge in [-0.25, -0.2) is 8.78 Å². The first-order chi connectivity index (χ1) is 7.46. The average molecular weight is 236 g/mol. The lowest BCUT2D eigenvalue weighted by molar-refractivity contribution is -0.133. The number of carbonyl (C=O) groups is 1. The summed E-state index contributed by atoms with van der Waals surface area (Å²) in [6.45, 7) is -1.91. The molecule has 0 bridgehead atoms. The average Bonchev–Trinajstić information content (AvgIpc) is 2.76. The standard InChI is InChI=1S/C10H18F2N2O2/c11-10(12,7-15)6-14-8(16)9(5-13)3-1-2-4-9/h15H,1-7,13H2,(H,14,16). The van der Waals surface area contributed by atoms with E-state index in [4.69, 9.17) is 10.8 Å². The Labute approximate surface area is 93.2 Å². The van der Waals surface area contributed by atoms with Gasteiger partial charge in [0.2, 0.25) is 5.91 Å². The third kappa shape index (κ3) is 2.89. The van der Waals surface area contributed by atoms with Gasteiger partial charge in [0, 0.05) is 6.54 Å². The molecule has 0 spiro atoms. The van der Waals surface area contributed by atoms with Gasteiger partial charge in [0.1, 0.15) is 6.61 Å². The fraction of sp³-hybridized carbons (Fsp3) is 0.900. The number of rotatable bonds is 5. The summed E-state index contributed by atoms with van der Waals surface area (Å²) >= 11 is 0. The minimum Gasteiger partial charge on any atom is -0.390 e. The molecule has 1 saturated carbocycles. The molecule has 0 atom stereocenters. The number of carbonyl (C=O) groups excluding carboxylic acids is 1. The molecule has 4 nitrogen and oxygen atoms in total. The molecule has 0 aromatic carbocycles. The second-order valence-corrected chi connectivity index (χ2v) is 4.39. The monoisotopic (exact) mass is 236 g/mol. The first kappa shape index (κ1) is 13.3. The quantitative estimate of drug-likeness (QED) is 0.640. The maximum Gasteiger partial charge on any atom is 0.287 e. The summed E-state index contributed by atoms with van der Waals surface area (Å²) < 4.78 is 25.5. The Balaban J connectivity index is 2.51. The summed E-state index contributed by atoms with van der Waals surface area (Å²) in [5.41, 5.74) is 4.87. The zero-order valence-electron chi connectivity index (χ0n) is 9.14. The van der Waals surface area contributed by atoms with Gasteiger partial charge in [0.15, 0.2) is 0 Å². The minimum absolute atomic E-state index is 0.184. The van der Waals surface area contributed by atoms with Crippen molar-refractivity contribution < 1.29 is 18.7 Å². The molecule has 0 aliphatic heterocycles. The molecule has 0 radical (unpaired) electrons. The summed E-state index contributed by atoms with van der Waals surface area (Å²) in [6, 6.07) is 0. The van der Waals surface area contributed by atoms with Gasteiger partial charge in [-0.05, 0) is 12.8 Å². The molecular weight excluding hydrogens is 218 g/mol. The maximum absolute atomic E-state index is 12.7. The van der Waals surface area contributed by atoms with Crippen molar-refractivity contribution in [1.82, 2.24) is 5.32 Å². The van der Waals surface area contributed by atoms with Gasteiger partial charge in [0.05, 0.1) is 12.0 Å². The van der Waals surface area contributed by atoms with E-state index in [9.17, 15) is 13.6 Å². The lowest BCUT2D eigenvalue weighted by atomic mass is 9.85. The van der Waals surface area contributed by atoms with Gasteiger partial charge in [0.25, 0.3) is 5.92 Å². The Bertz CT molecular complexity index is 253. The highest BCUT2D eigenvalue weighted by Gasteiger charge is 2.41. The Kier molecular flexibility index (Phi) is 4.21. The largest absolute Gasteiger partial charge is 0.390 e. The number of halogens is 2. The lowest BCUT2D eigenvalue weighted by Crippen LogP contribution is -2.48. The molecule has 0 saturated heterocycles. The molecule has 0 heterocycles. The van der Waals surface area contributed by atoms with Crippen molar-refractivity contribution in [2.75, 3.05) is 19.7 Å². The predicted molar refractivity (Wildman–Crippen MR) is 55.0 cm³/mol. The van der Waals surface area contributed by atoms with E-state index < -0.39 is 30.4 Å². The number of amides is 1. The second-order valence-electron chi connectivity index (χ2n) is 4.39. The van der Waals surface area contributed by atoms with Crippen molar-refractivity contribution in [3.05, 3.63) is 0 Å². The number of hydrogen-bond acceptors (Lipinski definition) is 3. The molecule has 1 fully saturated rings. The first-order valence-electron chi connectivity index (χ1n) is 5.43. The summed E-state index contributed by atoms with van der Waals surface area (Å²) in [4.78, 5) is 11.8. The topological polar surface area (TPSA) is 75.4 Å². The molecule has 1 aliphatic carbocycles. The van der Waals surface area contributed by atoms with Crippen molar-refractivity contribution >= 4 is 5.91 Å². The van der Waals surface area contributed by atoms with Crippen LogP contribution in [-0.4, -0.2) is 36.6 Å². The highest BCUT2D eigenvalue weighted by atomic mass is 19.3. The van der Waals surface area contributed by atoms with E-state index in [0.29, 0.717) is 12.8 Å². The summed E-state index contributed by atoms with van der Waals surface area (Å²) in [7, 11) is 0. The Hall–Kier alpha value is -0.750. The van der Waals surface area contributed by atoms with Crippen LogP contribution in [0.2, 0.25) is 0 Å². The minimum atomic E-state index is -3.26. The molecule has 1 aliphatic rings. The van der Waals surface area contributed by atoms with Gasteiger partial charge < -0.3 is 16.2 Å². The number of aliphatic hydroxyl groups is 1. The fourth-order valence-corrected chi connectivity index (χ4v) is 2.03. The van der Waals surface area contributed by atoms with E-state index in [1.165, 1.54) is 0 Å². The number of aliphatic hydroxyl groups excluding tert-OH is 1. The first-order valence-corrected chi connectivity index (χ1v) is 5.43. The van der Waals surface area contributed by atoms with Crippen LogP contribution in [0.15, 0.2) is 0 Å². The van der Waals surface area contributed by atoms with E-state index >= 15 is 0 Å². The molecule has 4 N–H and O–H groups in total. The van der Waals surface area contributed by atoms with E-state index in [1.54, 1.807) is 0 Å². The Morgan fingerprint density at radius 3 is 2.44 bits per heavy atom. The maximum atomic E-state index is 12.7. The lowest BCUT2D eigenvalue weighted by Gasteiger charge is -2.26. The molecule has 0 aromatic rings. The van der Waals surface area contributed by atoms with Crippen LogP contribution >= 0.6 is 0 Å². The molecule has 0 aromatic heterocycles. The molecule has 0 unspecified atom stereocenters. The Morgan fingerprint density at radius 2 is 2.00 bits per heavy atom. The van der Waals surface area contributed by atoms with Crippen molar-refractivity contribution in [3.63, 3.8) is 0 Å². The Morgan fingerprint density at radius 1 is 1.44 bits per heavy atom. The van der Waals surface area contributed by atoms with Crippen LogP contribution in [0.25, 0.3) is 0 Å². The van der Waals surface area contributed by atoms with Crippen LogP contribution in [-0.2, 0) is 4.79 Å². The smallest absolute Gasteiger partial charge is 0.287 e. The number of nitrogens with one attached hydrogen (secondary N) is 1. The molecule has 94 valence electrons. The molecule has 16 heavy (non-hydrogen) atoms. The molecule has 1 rings (SSSR count). The van der Waals surface area contributed by atoms with Gasteiger partial charge in [-0.15, -0.1) is 0 Å². The number of nitrogens with two attached hydrogens (primary N) is 1. The van der Waals surface area contributed by atoms with Gasteiger partial charge >= 0.3 is 0 Å². The zero-order valence-corrected chi connectivity index (χ0v) is 9.14. The predicted octanol–water partition coefficient (Wildman–Crippen LogP) is 0.249. The number of alkyl halides is 2. The highest BCUT2D eigenvalue weighted by Crippen LogP contribution is 2.37. The van der Waals surface area contributed by atoms with Crippen molar-refractivity contribution in [2.24, 2.45) is 11.1 Å². The van der Waals surface area contributed by atoms with Crippen LogP contribution in [0.3, 0.4) is 0 Å². The SMILES string of the molecule is NCC1(C(=O)NCC(F)(F)CO)CCCC1. The van der Waals surface area contributed by atoms with E-state index in [0.717, 1.165) is 12.8 Å². The van der Waals surface area contributed by atoms with E-state index in [1.807, 2.05) is 0 Å². The van der Waals surface area contributed by atoms with Crippen molar-refractivity contribution in [3.8, 4) is 0 Å².